The van der Waals surface area contributed by atoms with Crippen LogP contribution in [0.15, 0.2) is 41.6 Å². The van der Waals surface area contributed by atoms with Crippen molar-refractivity contribution >= 4 is 23.3 Å². The highest BCUT2D eigenvalue weighted by atomic mass is 35.5. The van der Waals surface area contributed by atoms with E-state index in [0.29, 0.717) is 10.8 Å². The van der Waals surface area contributed by atoms with E-state index in [-0.39, 0.29) is 5.56 Å². The van der Waals surface area contributed by atoms with Crippen LogP contribution in [-0.2, 0) is 11.3 Å². The van der Waals surface area contributed by atoms with Crippen LogP contribution in [0.25, 0.3) is 0 Å². The van der Waals surface area contributed by atoms with Crippen LogP contribution in [0.3, 0.4) is 0 Å². The zero-order chi connectivity index (χ0) is 17.8. The van der Waals surface area contributed by atoms with Crippen molar-refractivity contribution in [3.8, 4) is 11.5 Å². The van der Waals surface area contributed by atoms with Gasteiger partial charge in [0.15, 0.2) is 0 Å². The second-order valence-electron chi connectivity index (χ2n) is 5.64. The lowest BCUT2D eigenvalue weighted by molar-refractivity contribution is 0.0512. The van der Waals surface area contributed by atoms with Crippen molar-refractivity contribution in [1.82, 2.24) is 0 Å². The van der Waals surface area contributed by atoms with Gasteiger partial charge in [0.2, 0.25) is 0 Å². The molecule has 0 atom stereocenters. The van der Waals surface area contributed by atoms with Gasteiger partial charge in [0.1, 0.15) is 17.1 Å². The first-order valence-electron chi connectivity index (χ1n) is 7.91. The highest BCUT2D eigenvalue weighted by molar-refractivity contribution is 6.31. The predicted molar refractivity (Wildman–Crippen MR) is 95.9 cm³/mol. The molecule has 0 radical (unpaired) electrons. The maximum absolute atomic E-state index is 12.4. The van der Waals surface area contributed by atoms with Crippen LogP contribution in [-0.4, -0.2) is 25.9 Å². The largest absolute Gasteiger partial charge is 0.497 e. The summed E-state index contributed by atoms with van der Waals surface area (Å²) in [5.41, 5.74) is 3.09. The third-order valence-electron chi connectivity index (χ3n) is 4.11. The number of hydrogen-bond donors (Lipinski definition) is 0. The SMILES string of the molecule is COc1ccc2c(c1)C(=NOC(=O)c1cc(Cl)ccc1OC)CCC2. The molecule has 0 unspecified atom stereocenters. The Labute approximate surface area is 151 Å². The van der Waals surface area contributed by atoms with Crippen LogP contribution in [0.5, 0.6) is 11.5 Å². The fourth-order valence-corrected chi connectivity index (χ4v) is 3.00. The van der Waals surface area contributed by atoms with E-state index in [1.807, 2.05) is 18.2 Å². The highest BCUT2D eigenvalue weighted by Gasteiger charge is 2.19. The van der Waals surface area contributed by atoms with Crippen LogP contribution in [0.1, 0.15) is 34.3 Å². The molecule has 0 amide bonds. The average molecular weight is 360 g/mol. The van der Waals surface area contributed by atoms with E-state index in [0.717, 1.165) is 36.3 Å². The molecule has 0 saturated heterocycles. The van der Waals surface area contributed by atoms with Crippen molar-refractivity contribution in [2.24, 2.45) is 5.16 Å². The first-order chi connectivity index (χ1) is 12.1. The molecule has 25 heavy (non-hydrogen) atoms. The molecule has 0 N–H and O–H groups in total. The van der Waals surface area contributed by atoms with Crippen molar-refractivity contribution in [3.63, 3.8) is 0 Å². The number of carbonyl (C=O) groups excluding carboxylic acids is 1. The summed E-state index contributed by atoms with van der Waals surface area (Å²) < 4.78 is 10.4. The monoisotopic (exact) mass is 359 g/mol. The van der Waals surface area contributed by atoms with Gasteiger partial charge in [-0.2, -0.15) is 0 Å². The second-order valence-corrected chi connectivity index (χ2v) is 6.07. The van der Waals surface area contributed by atoms with Gasteiger partial charge in [-0.3, -0.25) is 0 Å². The number of halogens is 1. The summed E-state index contributed by atoms with van der Waals surface area (Å²) in [6.07, 6.45) is 2.66. The Bertz CT molecular complexity index is 832. The van der Waals surface area contributed by atoms with Crippen molar-refractivity contribution in [1.29, 1.82) is 0 Å². The van der Waals surface area contributed by atoms with E-state index in [4.69, 9.17) is 25.9 Å². The molecule has 6 heteroatoms. The number of benzene rings is 2. The molecule has 2 aromatic carbocycles. The summed E-state index contributed by atoms with van der Waals surface area (Å²) in [6, 6.07) is 10.6. The number of nitrogens with zero attached hydrogens (tertiary/aromatic N) is 1. The normalized spacial score (nSPS) is 14.8. The molecule has 1 aliphatic rings. The van der Waals surface area contributed by atoms with E-state index >= 15 is 0 Å². The maximum Gasteiger partial charge on any atom is 0.369 e. The van der Waals surface area contributed by atoms with Crippen LogP contribution in [0.4, 0.5) is 0 Å². The minimum atomic E-state index is -0.609. The molecule has 130 valence electrons. The number of rotatable bonds is 4. The molecule has 0 fully saturated rings. The number of hydrogen-bond acceptors (Lipinski definition) is 5. The molecule has 5 nitrogen and oxygen atoms in total. The first kappa shape index (κ1) is 17.3. The Balaban J connectivity index is 1.86. The van der Waals surface area contributed by atoms with Gasteiger partial charge in [0, 0.05) is 10.6 Å². The van der Waals surface area contributed by atoms with E-state index in [9.17, 15) is 4.79 Å². The van der Waals surface area contributed by atoms with Gasteiger partial charge in [0.05, 0.1) is 19.9 Å². The Morgan fingerprint density at radius 3 is 2.68 bits per heavy atom. The molecule has 0 saturated carbocycles. The number of oxime groups is 1. The minimum Gasteiger partial charge on any atom is -0.497 e. The Kier molecular flexibility index (Phi) is 5.24. The Morgan fingerprint density at radius 2 is 1.92 bits per heavy atom. The standard InChI is InChI=1S/C19H18ClNO4/c1-23-14-8-6-12-4-3-5-17(15(12)11-14)21-25-19(22)16-10-13(20)7-9-18(16)24-2/h6-11H,3-5H2,1-2H3. The molecular weight excluding hydrogens is 342 g/mol. The van der Waals surface area contributed by atoms with Crippen molar-refractivity contribution in [2.75, 3.05) is 14.2 Å². The van der Waals surface area contributed by atoms with Crippen LogP contribution < -0.4 is 9.47 Å². The van der Waals surface area contributed by atoms with Crippen LogP contribution >= 0.6 is 11.6 Å². The second kappa shape index (κ2) is 7.57. The molecule has 2 aromatic rings. The molecule has 3 rings (SSSR count). The van der Waals surface area contributed by atoms with Gasteiger partial charge in [-0.05, 0) is 55.2 Å². The molecule has 0 bridgehead atoms. The van der Waals surface area contributed by atoms with Gasteiger partial charge >= 0.3 is 5.97 Å². The number of carbonyl (C=O) groups is 1. The van der Waals surface area contributed by atoms with Gasteiger partial charge in [-0.25, -0.2) is 4.79 Å². The lowest BCUT2D eigenvalue weighted by atomic mass is 9.90. The summed E-state index contributed by atoms with van der Waals surface area (Å²) in [4.78, 5) is 17.5. The molecule has 0 aromatic heterocycles. The van der Waals surface area contributed by atoms with Gasteiger partial charge in [0.25, 0.3) is 0 Å². The predicted octanol–water partition coefficient (Wildman–Crippen LogP) is 4.25. The Hall–Kier alpha value is -2.53. The maximum atomic E-state index is 12.4. The summed E-state index contributed by atoms with van der Waals surface area (Å²) in [6.45, 7) is 0. The van der Waals surface area contributed by atoms with Crippen LogP contribution in [0.2, 0.25) is 5.02 Å². The van der Waals surface area contributed by atoms with E-state index in [1.54, 1.807) is 19.2 Å². The highest BCUT2D eigenvalue weighted by Crippen LogP contribution is 2.27. The number of fused-ring (bicyclic) bond motifs is 1. The van der Waals surface area contributed by atoms with E-state index in [2.05, 4.69) is 5.16 Å². The Morgan fingerprint density at radius 1 is 1.08 bits per heavy atom. The number of aryl methyl sites for hydroxylation is 1. The van der Waals surface area contributed by atoms with Crippen molar-refractivity contribution < 1.29 is 19.1 Å². The van der Waals surface area contributed by atoms with Gasteiger partial charge in [-0.15, -0.1) is 0 Å². The van der Waals surface area contributed by atoms with E-state index in [1.165, 1.54) is 18.7 Å². The minimum absolute atomic E-state index is 0.237. The third kappa shape index (κ3) is 3.77. The fraction of sp³-hybridized carbons (Fsp3) is 0.263. The first-order valence-corrected chi connectivity index (χ1v) is 8.29. The summed E-state index contributed by atoms with van der Waals surface area (Å²) >= 11 is 5.95. The molecular formula is C19H18ClNO4. The topological polar surface area (TPSA) is 57.1 Å². The lowest BCUT2D eigenvalue weighted by Crippen LogP contribution is -2.14. The quantitative estimate of drug-likeness (QED) is 0.604. The third-order valence-corrected chi connectivity index (χ3v) is 4.34. The summed E-state index contributed by atoms with van der Waals surface area (Å²) in [5, 5.41) is 4.52. The molecule has 1 aliphatic carbocycles. The number of methoxy groups -OCH3 is 2. The van der Waals surface area contributed by atoms with Crippen molar-refractivity contribution in [3.05, 3.63) is 58.1 Å². The smallest absolute Gasteiger partial charge is 0.369 e. The van der Waals surface area contributed by atoms with Crippen molar-refractivity contribution in [2.45, 2.75) is 19.3 Å². The lowest BCUT2D eigenvalue weighted by Gasteiger charge is -2.18. The number of ether oxygens (including phenoxy) is 2. The average Bonchev–Trinajstić information content (AvgIpc) is 2.65. The van der Waals surface area contributed by atoms with Gasteiger partial charge in [-0.1, -0.05) is 22.8 Å². The summed E-state index contributed by atoms with van der Waals surface area (Å²) in [5.74, 6) is 0.526. The zero-order valence-electron chi connectivity index (χ0n) is 14.0. The molecule has 0 aliphatic heterocycles. The molecule has 0 spiro atoms. The zero-order valence-corrected chi connectivity index (χ0v) is 14.8. The van der Waals surface area contributed by atoms with Crippen LogP contribution in [0, 0.1) is 0 Å². The fourth-order valence-electron chi connectivity index (χ4n) is 2.83. The molecule has 0 heterocycles. The summed E-state index contributed by atoms with van der Waals surface area (Å²) in [7, 11) is 3.10. The van der Waals surface area contributed by atoms with Gasteiger partial charge < -0.3 is 14.3 Å². The van der Waals surface area contributed by atoms with E-state index < -0.39 is 5.97 Å².